The molecular weight excluding hydrogens is 312 g/mol. The highest BCUT2D eigenvalue weighted by Crippen LogP contribution is 2.32. The first kappa shape index (κ1) is 14.7. The van der Waals surface area contributed by atoms with Gasteiger partial charge in [-0.1, -0.05) is 12.1 Å². The second kappa shape index (κ2) is 6.29. The predicted molar refractivity (Wildman–Crippen MR) is 86.8 cm³/mol. The lowest BCUT2D eigenvalue weighted by Crippen LogP contribution is -2.44. The van der Waals surface area contributed by atoms with Crippen LogP contribution in [0.1, 0.15) is 22.5 Å². The molecule has 4 rings (SSSR count). The Kier molecular flexibility index (Phi) is 4.01. The van der Waals surface area contributed by atoms with Gasteiger partial charge in [-0.3, -0.25) is 4.79 Å². The summed E-state index contributed by atoms with van der Waals surface area (Å²) in [7, 11) is 0. The fourth-order valence-corrected chi connectivity index (χ4v) is 4.04. The molecule has 3 atom stereocenters. The highest BCUT2D eigenvalue weighted by molar-refractivity contribution is 7.12. The Morgan fingerprint density at radius 2 is 2.30 bits per heavy atom. The van der Waals surface area contributed by atoms with Crippen molar-refractivity contribution < 1.29 is 14.3 Å². The molecule has 0 unspecified atom stereocenters. The Labute approximate surface area is 138 Å². The summed E-state index contributed by atoms with van der Waals surface area (Å²) in [6.07, 6.45) is 3.40. The van der Waals surface area contributed by atoms with Gasteiger partial charge < -0.3 is 14.4 Å². The van der Waals surface area contributed by atoms with Crippen LogP contribution in [0.3, 0.4) is 0 Å². The molecule has 2 aliphatic rings. The minimum Gasteiger partial charge on any atom is -0.470 e. The van der Waals surface area contributed by atoms with Crippen LogP contribution >= 0.6 is 11.3 Å². The Balaban J connectivity index is 1.56. The minimum atomic E-state index is -0.167. The molecule has 1 amide bonds. The van der Waals surface area contributed by atoms with Gasteiger partial charge in [0.15, 0.2) is 0 Å². The second-order valence-corrected chi connectivity index (χ2v) is 6.75. The molecule has 0 radical (unpaired) electrons. The van der Waals surface area contributed by atoms with Crippen molar-refractivity contribution in [3.05, 3.63) is 46.8 Å². The number of hydrogen-bond donors (Lipinski definition) is 0. The van der Waals surface area contributed by atoms with Crippen molar-refractivity contribution >= 4 is 17.2 Å². The summed E-state index contributed by atoms with van der Waals surface area (Å²) in [6.45, 7) is 1.27. The molecule has 6 heteroatoms. The molecule has 0 aromatic carbocycles. The zero-order valence-corrected chi connectivity index (χ0v) is 13.4. The molecule has 5 nitrogen and oxygen atoms in total. The molecule has 23 heavy (non-hydrogen) atoms. The first-order valence-corrected chi connectivity index (χ1v) is 8.74. The van der Waals surface area contributed by atoms with Gasteiger partial charge in [-0.05, 0) is 30.4 Å². The van der Waals surface area contributed by atoms with Crippen LogP contribution in [-0.4, -0.2) is 47.2 Å². The van der Waals surface area contributed by atoms with E-state index in [1.165, 1.54) is 11.3 Å². The summed E-state index contributed by atoms with van der Waals surface area (Å²) >= 11 is 1.48. The van der Waals surface area contributed by atoms with E-state index in [9.17, 15) is 4.79 Å². The van der Waals surface area contributed by atoms with Gasteiger partial charge in [0.05, 0.1) is 17.5 Å². The van der Waals surface area contributed by atoms with E-state index in [0.29, 0.717) is 12.4 Å². The van der Waals surface area contributed by atoms with Crippen LogP contribution in [0.2, 0.25) is 0 Å². The molecule has 0 bridgehead atoms. The van der Waals surface area contributed by atoms with Crippen molar-refractivity contribution in [2.24, 2.45) is 0 Å². The van der Waals surface area contributed by atoms with Crippen LogP contribution in [0.15, 0.2) is 41.9 Å². The summed E-state index contributed by atoms with van der Waals surface area (Å²) in [5, 5.41) is 1.93. The maximum absolute atomic E-state index is 12.8. The molecule has 2 aromatic heterocycles. The number of carbonyl (C=O) groups is 1. The Hall–Kier alpha value is -1.92. The maximum Gasteiger partial charge on any atom is 0.264 e. The number of ether oxygens (including phenoxy) is 2. The summed E-state index contributed by atoms with van der Waals surface area (Å²) < 4.78 is 12.0. The Morgan fingerprint density at radius 3 is 3.09 bits per heavy atom. The molecule has 2 fully saturated rings. The number of carbonyl (C=O) groups excluding carboxylic acids is 1. The zero-order valence-electron chi connectivity index (χ0n) is 12.6. The lowest BCUT2D eigenvalue weighted by Gasteiger charge is -2.31. The predicted octanol–water partition coefficient (Wildman–Crippen LogP) is 2.59. The molecule has 2 saturated heterocycles. The molecular formula is C17H18N2O3S. The smallest absolute Gasteiger partial charge is 0.264 e. The monoisotopic (exact) mass is 330 g/mol. The standard InChI is InChI=1S/C17H18N2O3S/c20-17(14-6-4-10-23-14)19-11-13(16-12(19)5-3-9-21-16)22-15-7-1-2-8-18-15/h1-2,4,6-8,10,12-13,16H,3,5,9,11H2/t12-,13+,16+/m0/s1. The van der Waals surface area contributed by atoms with E-state index in [1.54, 1.807) is 6.20 Å². The van der Waals surface area contributed by atoms with Gasteiger partial charge in [0.25, 0.3) is 5.91 Å². The van der Waals surface area contributed by atoms with Crippen LogP contribution < -0.4 is 4.74 Å². The largest absolute Gasteiger partial charge is 0.470 e. The third-order valence-electron chi connectivity index (χ3n) is 4.38. The SMILES string of the molecule is O=C(c1cccs1)N1C[C@@H](Oc2ccccn2)[C@@H]2OCCC[C@@H]21. The maximum atomic E-state index is 12.8. The van der Waals surface area contributed by atoms with Crippen molar-refractivity contribution in [3.8, 4) is 5.88 Å². The summed E-state index contributed by atoms with van der Waals surface area (Å²) in [6, 6.07) is 9.45. The molecule has 4 heterocycles. The van der Waals surface area contributed by atoms with Gasteiger partial charge in [-0.2, -0.15) is 0 Å². The van der Waals surface area contributed by atoms with E-state index >= 15 is 0 Å². The van der Waals surface area contributed by atoms with E-state index in [0.717, 1.165) is 24.3 Å². The average Bonchev–Trinajstić information content (AvgIpc) is 3.24. The van der Waals surface area contributed by atoms with Gasteiger partial charge in [-0.15, -0.1) is 11.3 Å². The van der Waals surface area contributed by atoms with Gasteiger partial charge in [0.2, 0.25) is 5.88 Å². The van der Waals surface area contributed by atoms with E-state index < -0.39 is 0 Å². The zero-order chi connectivity index (χ0) is 15.6. The van der Waals surface area contributed by atoms with Crippen LogP contribution in [0.5, 0.6) is 5.88 Å². The van der Waals surface area contributed by atoms with E-state index in [-0.39, 0.29) is 24.2 Å². The minimum absolute atomic E-state index is 0.0744. The molecule has 120 valence electrons. The number of fused-ring (bicyclic) bond motifs is 1. The lowest BCUT2D eigenvalue weighted by molar-refractivity contribution is -0.0455. The van der Waals surface area contributed by atoms with Crippen LogP contribution in [-0.2, 0) is 4.74 Å². The number of amides is 1. The number of aromatic nitrogens is 1. The summed E-state index contributed by atoms with van der Waals surface area (Å²) in [5.74, 6) is 0.656. The highest BCUT2D eigenvalue weighted by Gasteiger charge is 2.47. The van der Waals surface area contributed by atoms with Crippen molar-refractivity contribution in [2.45, 2.75) is 31.1 Å². The average molecular weight is 330 g/mol. The Bertz CT molecular complexity index is 662. The van der Waals surface area contributed by atoms with Gasteiger partial charge in [0, 0.05) is 18.9 Å². The first-order chi connectivity index (χ1) is 11.3. The Morgan fingerprint density at radius 1 is 1.35 bits per heavy atom. The molecule has 0 saturated carbocycles. The number of nitrogens with zero attached hydrogens (tertiary/aromatic N) is 2. The van der Waals surface area contributed by atoms with Crippen molar-refractivity contribution in [2.75, 3.05) is 13.2 Å². The van der Waals surface area contributed by atoms with E-state index in [4.69, 9.17) is 9.47 Å². The summed E-state index contributed by atoms with van der Waals surface area (Å²) in [4.78, 5) is 19.7. The second-order valence-electron chi connectivity index (χ2n) is 5.80. The van der Waals surface area contributed by atoms with Crippen LogP contribution in [0.25, 0.3) is 0 Å². The molecule has 0 N–H and O–H groups in total. The van der Waals surface area contributed by atoms with E-state index in [2.05, 4.69) is 4.98 Å². The van der Waals surface area contributed by atoms with Gasteiger partial charge >= 0.3 is 0 Å². The van der Waals surface area contributed by atoms with Crippen molar-refractivity contribution in [1.82, 2.24) is 9.88 Å². The van der Waals surface area contributed by atoms with Crippen molar-refractivity contribution in [3.63, 3.8) is 0 Å². The molecule has 0 aliphatic carbocycles. The third-order valence-corrected chi connectivity index (χ3v) is 5.24. The number of likely N-dealkylation sites (tertiary alicyclic amines) is 1. The number of pyridine rings is 1. The fraction of sp³-hybridized carbons (Fsp3) is 0.412. The number of thiophene rings is 1. The number of rotatable bonds is 3. The highest BCUT2D eigenvalue weighted by atomic mass is 32.1. The van der Waals surface area contributed by atoms with Crippen LogP contribution in [0, 0.1) is 0 Å². The van der Waals surface area contributed by atoms with Gasteiger partial charge in [0.1, 0.15) is 12.2 Å². The third kappa shape index (κ3) is 2.84. The van der Waals surface area contributed by atoms with E-state index in [1.807, 2.05) is 40.6 Å². The normalized spacial score (nSPS) is 26.8. The lowest BCUT2D eigenvalue weighted by atomic mass is 10.0. The fourth-order valence-electron chi connectivity index (χ4n) is 3.36. The van der Waals surface area contributed by atoms with Crippen molar-refractivity contribution in [1.29, 1.82) is 0 Å². The quantitative estimate of drug-likeness (QED) is 0.868. The number of hydrogen-bond acceptors (Lipinski definition) is 5. The molecule has 0 spiro atoms. The molecule has 2 aliphatic heterocycles. The van der Waals surface area contributed by atoms with Crippen LogP contribution in [0.4, 0.5) is 0 Å². The summed E-state index contributed by atoms with van der Waals surface area (Å²) in [5.41, 5.74) is 0. The first-order valence-electron chi connectivity index (χ1n) is 7.87. The van der Waals surface area contributed by atoms with Gasteiger partial charge in [-0.25, -0.2) is 4.98 Å². The topological polar surface area (TPSA) is 51.7 Å². The molecule has 2 aromatic rings.